The monoisotopic (exact) mass is 275 g/mol. The number of carbonyl (C=O) groups is 1. The Hall–Kier alpha value is -2.00. The molecule has 0 radical (unpaired) electrons. The van der Waals surface area contributed by atoms with Crippen molar-refractivity contribution in [1.82, 2.24) is 0 Å². The summed E-state index contributed by atoms with van der Waals surface area (Å²) in [7, 11) is 0. The first-order valence-electron chi connectivity index (χ1n) is 5.81. The van der Waals surface area contributed by atoms with E-state index in [0.717, 1.165) is 5.56 Å². The average Bonchev–Trinajstić information content (AvgIpc) is 2.40. The zero-order valence-electron chi connectivity index (χ0n) is 10.0. The molecular formula is C15H12ClO3-. The van der Waals surface area contributed by atoms with Gasteiger partial charge < -0.3 is 15.0 Å². The third-order valence-corrected chi connectivity index (χ3v) is 3.17. The van der Waals surface area contributed by atoms with E-state index in [1.54, 1.807) is 12.1 Å². The second-order valence-corrected chi connectivity index (χ2v) is 4.68. The van der Waals surface area contributed by atoms with E-state index in [-0.39, 0.29) is 12.2 Å². The van der Waals surface area contributed by atoms with Crippen molar-refractivity contribution in [2.45, 2.75) is 12.3 Å². The van der Waals surface area contributed by atoms with Gasteiger partial charge in [0.2, 0.25) is 0 Å². The van der Waals surface area contributed by atoms with E-state index in [0.29, 0.717) is 10.6 Å². The predicted molar refractivity (Wildman–Crippen MR) is 71.0 cm³/mol. The van der Waals surface area contributed by atoms with Crippen molar-refractivity contribution >= 4 is 17.6 Å². The number of benzene rings is 2. The quantitative estimate of drug-likeness (QED) is 0.931. The molecule has 2 aromatic rings. The number of carboxylic acid groups (broad SMARTS) is 1. The lowest BCUT2D eigenvalue weighted by atomic mass is 9.88. The van der Waals surface area contributed by atoms with Gasteiger partial charge in [0.1, 0.15) is 5.75 Å². The molecule has 0 unspecified atom stereocenters. The van der Waals surface area contributed by atoms with Gasteiger partial charge in [-0.1, -0.05) is 41.9 Å². The molecule has 0 aromatic heterocycles. The maximum Gasteiger partial charge on any atom is 0.119 e. The van der Waals surface area contributed by atoms with Crippen LogP contribution in [0.4, 0.5) is 0 Å². The van der Waals surface area contributed by atoms with Gasteiger partial charge in [-0.3, -0.25) is 0 Å². The van der Waals surface area contributed by atoms with Crippen molar-refractivity contribution in [2.75, 3.05) is 0 Å². The number of rotatable bonds is 4. The van der Waals surface area contributed by atoms with E-state index in [2.05, 4.69) is 0 Å². The number of hydrogen-bond acceptors (Lipinski definition) is 3. The molecule has 0 fully saturated rings. The van der Waals surface area contributed by atoms with Gasteiger partial charge in [-0.15, -0.1) is 0 Å². The summed E-state index contributed by atoms with van der Waals surface area (Å²) in [5.74, 6) is -1.63. The molecule has 98 valence electrons. The molecule has 19 heavy (non-hydrogen) atoms. The minimum atomic E-state index is -1.17. The van der Waals surface area contributed by atoms with Crippen LogP contribution in [0.15, 0.2) is 48.5 Å². The summed E-state index contributed by atoms with van der Waals surface area (Å²) in [4.78, 5) is 10.9. The molecule has 3 nitrogen and oxygen atoms in total. The van der Waals surface area contributed by atoms with Crippen LogP contribution in [-0.4, -0.2) is 11.1 Å². The molecule has 0 aliphatic carbocycles. The summed E-state index contributed by atoms with van der Waals surface area (Å²) in [6, 6.07) is 13.7. The lowest BCUT2D eigenvalue weighted by molar-refractivity contribution is -0.305. The van der Waals surface area contributed by atoms with Crippen LogP contribution in [0.3, 0.4) is 0 Å². The summed E-state index contributed by atoms with van der Waals surface area (Å²) in [5, 5.41) is 21.3. The van der Waals surface area contributed by atoms with Crippen LogP contribution in [-0.2, 0) is 4.79 Å². The Balaban J connectivity index is 2.48. The highest BCUT2D eigenvalue weighted by Crippen LogP contribution is 2.35. The minimum Gasteiger partial charge on any atom is -0.550 e. The normalized spacial score (nSPS) is 12.1. The fourth-order valence-corrected chi connectivity index (χ4v) is 2.24. The number of hydrogen-bond donors (Lipinski definition) is 1. The number of aromatic hydroxyl groups is 1. The minimum absolute atomic E-state index is 0.0273. The molecule has 0 saturated carbocycles. The molecule has 0 aliphatic heterocycles. The maximum absolute atomic E-state index is 10.9. The Kier molecular flexibility index (Phi) is 4.07. The zero-order valence-corrected chi connectivity index (χ0v) is 10.8. The number of carbonyl (C=O) groups excluding carboxylic acids is 1. The number of aliphatic carboxylic acids is 1. The lowest BCUT2D eigenvalue weighted by Gasteiger charge is -2.20. The number of phenols is 1. The molecule has 0 amide bonds. The van der Waals surface area contributed by atoms with E-state index in [4.69, 9.17) is 11.6 Å². The Labute approximate surface area is 116 Å². The van der Waals surface area contributed by atoms with E-state index in [9.17, 15) is 15.0 Å². The summed E-state index contributed by atoms with van der Waals surface area (Å²) in [6.45, 7) is 0. The summed E-state index contributed by atoms with van der Waals surface area (Å²) >= 11 is 5.91. The van der Waals surface area contributed by atoms with Gasteiger partial charge in [-0.2, -0.15) is 0 Å². The highest BCUT2D eigenvalue weighted by atomic mass is 35.5. The predicted octanol–water partition coefficient (Wildman–Crippen LogP) is 2.32. The van der Waals surface area contributed by atoms with Gasteiger partial charge in [0.25, 0.3) is 0 Å². The molecule has 1 atom stereocenters. The summed E-state index contributed by atoms with van der Waals surface area (Å²) in [5.41, 5.74) is 1.28. The third kappa shape index (κ3) is 3.26. The van der Waals surface area contributed by atoms with Crippen LogP contribution in [0, 0.1) is 0 Å². The lowest BCUT2D eigenvalue weighted by Crippen LogP contribution is -2.25. The van der Waals surface area contributed by atoms with Gasteiger partial charge in [0.15, 0.2) is 0 Å². The topological polar surface area (TPSA) is 60.4 Å². The number of halogens is 1. The van der Waals surface area contributed by atoms with Gasteiger partial charge in [-0.25, -0.2) is 0 Å². The fourth-order valence-electron chi connectivity index (χ4n) is 2.06. The van der Waals surface area contributed by atoms with Crippen molar-refractivity contribution in [2.24, 2.45) is 0 Å². The van der Waals surface area contributed by atoms with Crippen LogP contribution in [0.1, 0.15) is 23.5 Å². The van der Waals surface area contributed by atoms with E-state index >= 15 is 0 Å². The Morgan fingerprint density at radius 3 is 2.53 bits per heavy atom. The smallest absolute Gasteiger partial charge is 0.119 e. The molecule has 2 rings (SSSR count). The molecule has 4 heteroatoms. The van der Waals surface area contributed by atoms with Gasteiger partial charge in [0.05, 0.1) is 0 Å². The van der Waals surface area contributed by atoms with Crippen molar-refractivity contribution in [3.8, 4) is 5.75 Å². The van der Waals surface area contributed by atoms with E-state index in [1.165, 1.54) is 6.07 Å². The Bertz CT molecular complexity index is 581. The number of carboxylic acids is 1. The molecule has 0 saturated heterocycles. The van der Waals surface area contributed by atoms with Crippen LogP contribution in [0.2, 0.25) is 5.02 Å². The van der Waals surface area contributed by atoms with Crippen LogP contribution < -0.4 is 5.11 Å². The first kappa shape index (κ1) is 13.4. The summed E-state index contributed by atoms with van der Waals surface area (Å²) < 4.78 is 0. The fraction of sp³-hybridized carbons (Fsp3) is 0.133. The molecule has 0 spiro atoms. The van der Waals surface area contributed by atoms with Crippen molar-refractivity contribution in [1.29, 1.82) is 0 Å². The number of phenolic OH excluding ortho intramolecular Hbond substituents is 1. The van der Waals surface area contributed by atoms with E-state index in [1.807, 2.05) is 30.3 Å². The molecule has 2 aromatic carbocycles. The molecule has 0 bridgehead atoms. The highest BCUT2D eigenvalue weighted by molar-refractivity contribution is 6.30. The molecular weight excluding hydrogens is 264 g/mol. The van der Waals surface area contributed by atoms with Crippen LogP contribution >= 0.6 is 11.6 Å². The second kappa shape index (κ2) is 5.76. The Morgan fingerprint density at radius 2 is 1.89 bits per heavy atom. The zero-order chi connectivity index (χ0) is 13.8. The molecule has 0 aliphatic rings. The summed E-state index contributed by atoms with van der Waals surface area (Å²) in [6.07, 6.45) is -0.210. The largest absolute Gasteiger partial charge is 0.550 e. The van der Waals surface area contributed by atoms with Crippen LogP contribution in [0.5, 0.6) is 5.75 Å². The first-order valence-corrected chi connectivity index (χ1v) is 6.19. The van der Waals surface area contributed by atoms with Gasteiger partial charge >= 0.3 is 0 Å². The molecule has 1 N–H and O–H groups in total. The average molecular weight is 276 g/mol. The highest BCUT2D eigenvalue weighted by Gasteiger charge is 2.18. The molecule has 0 heterocycles. The van der Waals surface area contributed by atoms with Crippen molar-refractivity contribution in [3.63, 3.8) is 0 Å². The Morgan fingerprint density at radius 1 is 1.21 bits per heavy atom. The second-order valence-electron chi connectivity index (χ2n) is 4.24. The van der Waals surface area contributed by atoms with Crippen molar-refractivity contribution in [3.05, 3.63) is 64.7 Å². The van der Waals surface area contributed by atoms with E-state index < -0.39 is 11.9 Å². The van der Waals surface area contributed by atoms with Crippen LogP contribution in [0.25, 0.3) is 0 Å². The SMILES string of the molecule is O=C([O-])C[C@@H](c1ccccc1)c1cc(Cl)ccc1O. The van der Waals surface area contributed by atoms with Crippen molar-refractivity contribution < 1.29 is 15.0 Å². The first-order chi connectivity index (χ1) is 9.08. The maximum atomic E-state index is 10.9. The standard InChI is InChI=1S/C15H13ClO3/c16-11-6-7-14(17)13(8-11)12(9-15(18)19)10-4-2-1-3-5-10/h1-8,12,17H,9H2,(H,18,19)/p-1/t12-/m0/s1. The van der Waals surface area contributed by atoms with Gasteiger partial charge in [-0.05, 0) is 30.2 Å². The third-order valence-electron chi connectivity index (χ3n) is 2.94. The van der Waals surface area contributed by atoms with Gasteiger partial charge in [0, 0.05) is 22.5 Å².